The van der Waals surface area contributed by atoms with E-state index in [2.05, 4.69) is 5.32 Å². The van der Waals surface area contributed by atoms with Gasteiger partial charge in [0.2, 0.25) is 21.8 Å². The van der Waals surface area contributed by atoms with Crippen LogP contribution in [0.3, 0.4) is 0 Å². The molecule has 2 aromatic rings. The summed E-state index contributed by atoms with van der Waals surface area (Å²) in [5.41, 5.74) is -1.04. The third-order valence-corrected chi connectivity index (χ3v) is 6.90. The predicted molar refractivity (Wildman–Crippen MR) is 135 cm³/mol. The van der Waals surface area contributed by atoms with Gasteiger partial charge < -0.3 is 15.0 Å². The molecule has 0 heterocycles. The fraction of sp³-hybridized carbons (Fsp3) is 0.417. The first-order chi connectivity index (χ1) is 17.2. The number of ether oxygens (including phenoxy) is 1. The minimum absolute atomic E-state index is 0.0806. The van der Waals surface area contributed by atoms with Crippen molar-refractivity contribution in [2.24, 2.45) is 0 Å². The molecule has 0 aliphatic rings. The second-order valence-corrected chi connectivity index (χ2v) is 10.6. The number of halogens is 4. The summed E-state index contributed by atoms with van der Waals surface area (Å²) in [7, 11) is -2.74. The lowest BCUT2D eigenvalue weighted by Gasteiger charge is -2.31. The molecular weight excluding hydrogens is 535 g/mol. The quantitative estimate of drug-likeness (QED) is 0.444. The lowest BCUT2D eigenvalue weighted by molar-refractivity contribution is -0.139. The molecule has 0 bridgehead atoms. The number of nitrogens with one attached hydrogen (secondary N) is 1. The van der Waals surface area contributed by atoms with Gasteiger partial charge in [0.05, 0.1) is 29.6 Å². The Morgan fingerprint density at radius 2 is 1.84 bits per heavy atom. The van der Waals surface area contributed by atoms with Crippen molar-refractivity contribution in [2.75, 3.05) is 30.8 Å². The number of anilines is 1. The summed E-state index contributed by atoms with van der Waals surface area (Å²) in [4.78, 5) is 27.3. The van der Waals surface area contributed by atoms with Crippen LogP contribution in [0.15, 0.2) is 42.5 Å². The summed E-state index contributed by atoms with van der Waals surface area (Å²) in [5, 5.41) is 2.08. The van der Waals surface area contributed by atoms with Gasteiger partial charge in [0.1, 0.15) is 18.3 Å². The molecule has 2 aromatic carbocycles. The van der Waals surface area contributed by atoms with Gasteiger partial charge in [-0.1, -0.05) is 30.7 Å². The lowest BCUT2D eigenvalue weighted by atomic mass is 10.1. The minimum atomic E-state index is -4.84. The Labute approximate surface area is 219 Å². The molecule has 0 aliphatic carbocycles. The first-order valence-corrected chi connectivity index (χ1v) is 13.5. The summed E-state index contributed by atoms with van der Waals surface area (Å²) >= 11 is 5.67. The zero-order valence-corrected chi connectivity index (χ0v) is 22.4. The predicted octanol–water partition coefficient (Wildman–Crippen LogP) is 4.08. The highest BCUT2D eigenvalue weighted by Crippen LogP contribution is 2.37. The van der Waals surface area contributed by atoms with Gasteiger partial charge in [0.25, 0.3) is 0 Å². The molecule has 13 heteroatoms. The highest BCUT2D eigenvalue weighted by molar-refractivity contribution is 7.92. The smallest absolute Gasteiger partial charge is 0.417 e. The van der Waals surface area contributed by atoms with Crippen LogP contribution in [0.1, 0.15) is 31.4 Å². The molecule has 2 rings (SSSR count). The van der Waals surface area contributed by atoms with Crippen molar-refractivity contribution in [3.05, 3.63) is 58.6 Å². The zero-order chi connectivity index (χ0) is 28.0. The molecule has 1 atom stereocenters. The van der Waals surface area contributed by atoms with Gasteiger partial charge >= 0.3 is 6.18 Å². The van der Waals surface area contributed by atoms with Gasteiger partial charge in [-0.3, -0.25) is 13.9 Å². The van der Waals surface area contributed by atoms with Gasteiger partial charge in [-0.25, -0.2) is 8.42 Å². The van der Waals surface area contributed by atoms with Gasteiger partial charge in [-0.2, -0.15) is 13.2 Å². The van der Waals surface area contributed by atoms with Crippen molar-refractivity contribution in [3.8, 4) is 5.75 Å². The number of methoxy groups -OCH3 is 1. The number of nitrogens with zero attached hydrogens (tertiary/aromatic N) is 2. The average molecular weight is 564 g/mol. The molecule has 0 saturated heterocycles. The number of alkyl halides is 3. The topological polar surface area (TPSA) is 96.0 Å². The number of carbonyl (C=O) groups is 2. The van der Waals surface area contributed by atoms with Crippen LogP contribution in [0.25, 0.3) is 0 Å². The Kier molecular flexibility index (Phi) is 10.2. The molecule has 0 unspecified atom stereocenters. The Morgan fingerprint density at radius 1 is 1.16 bits per heavy atom. The molecule has 1 N–H and O–H groups in total. The minimum Gasteiger partial charge on any atom is -0.497 e. The van der Waals surface area contributed by atoms with Crippen LogP contribution in [0.2, 0.25) is 5.02 Å². The highest BCUT2D eigenvalue weighted by Gasteiger charge is 2.35. The normalized spacial score (nSPS) is 12.5. The summed E-state index contributed by atoms with van der Waals surface area (Å²) in [6.07, 6.45) is -3.42. The summed E-state index contributed by atoms with van der Waals surface area (Å²) in [6, 6.07) is 8.28. The zero-order valence-electron chi connectivity index (χ0n) is 20.8. The van der Waals surface area contributed by atoms with Crippen LogP contribution in [-0.4, -0.2) is 57.6 Å². The van der Waals surface area contributed by atoms with Gasteiger partial charge in [-0.15, -0.1) is 0 Å². The second kappa shape index (κ2) is 12.5. The molecule has 0 aliphatic heterocycles. The third kappa shape index (κ3) is 8.26. The maximum atomic E-state index is 13.5. The van der Waals surface area contributed by atoms with Crippen LogP contribution < -0.4 is 14.4 Å². The molecule has 0 aromatic heterocycles. The van der Waals surface area contributed by atoms with Crippen molar-refractivity contribution in [3.63, 3.8) is 0 Å². The molecule has 0 fully saturated rings. The van der Waals surface area contributed by atoms with Crippen LogP contribution in [0.5, 0.6) is 5.75 Å². The Hall–Kier alpha value is -2.99. The van der Waals surface area contributed by atoms with Crippen molar-refractivity contribution in [1.29, 1.82) is 0 Å². The van der Waals surface area contributed by atoms with E-state index >= 15 is 0 Å². The van der Waals surface area contributed by atoms with Crippen molar-refractivity contribution in [2.45, 2.75) is 39.0 Å². The van der Waals surface area contributed by atoms with E-state index < -0.39 is 56.9 Å². The van der Waals surface area contributed by atoms with E-state index in [1.165, 1.54) is 18.9 Å². The molecule has 8 nitrogen and oxygen atoms in total. The van der Waals surface area contributed by atoms with Crippen LogP contribution in [0, 0.1) is 0 Å². The van der Waals surface area contributed by atoms with Gasteiger partial charge in [-0.05, 0) is 49.2 Å². The summed E-state index contributed by atoms with van der Waals surface area (Å²) < 4.78 is 71.1. The highest BCUT2D eigenvalue weighted by atomic mass is 35.5. The fourth-order valence-corrected chi connectivity index (χ4v) is 4.51. The number of amides is 2. The van der Waals surface area contributed by atoms with E-state index in [1.54, 1.807) is 24.3 Å². The number of benzene rings is 2. The van der Waals surface area contributed by atoms with Crippen molar-refractivity contribution in [1.82, 2.24) is 10.2 Å². The molecule has 0 saturated carbocycles. The number of hydrogen-bond donors (Lipinski definition) is 1. The third-order valence-electron chi connectivity index (χ3n) is 5.43. The molecule has 204 valence electrons. The van der Waals surface area contributed by atoms with Gasteiger partial charge in [0, 0.05) is 13.1 Å². The van der Waals surface area contributed by atoms with E-state index in [4.69, 9.17) is 16.3 Å². The molecule has 0 spiro atoms. The molecular formula is C24H29ClF3N3O5S. The maximum absolute atomic E-state index is 13.5. The molecule has 0 radical (unpaired) electrons. The summed E-state index contributed by atoms with van der Waals surface area (Å²) in [6.45, 7) is 2.79. The second-order valence-electron chi connectivity index (χ2n) is 8.27. The standard InChI is InChI=1S/C24H29ClF3N3O5S/c1-5-11-29-23(33)16(2)30(14-17-7-6-8-19(12-17)36-3)22(32)15-31(37(4,34)35)18-9-10-21(25)20(13-18)24(26,27)28/h6-10,12-13,16H,5,11,14-15H2,1-4H3,(H,29,33)/t16-/m0/s1. The van der Waals surface area contributed by atoms with E-state index in [0.29, 0.717) is 34.7 Å². The van der Waals surface area contributed by atoms with E-state index in [9.17, 15) is 31.2 Å². The number of hydrogen-bond acceptors (Lipinski definition) is 5. The van der Waals surface area contributed by atoms with Crippen LogP contribution in [0.4, 0.5) is 18.9 Å². The van der Waals surface area contributed by atoms with Crippen molar-refractivity contribution < 1.29 is 35.9 Å². The lowest BCUT2D eigenvalue weighted by Crippen LogP contribution is -2.51. The van der Waals surface area contributed by atoms with E-state index in [0.717, 1.165) is 18.4 Å². The van der Waals surface area contributed by atoms with E-state index in [-0.39, 0.29) is 6.54 Å². The number of rotatable bonds is 11. The first-order valence-electron chi connectivity index (χ1n) is 11.2. The maximum Gasteiger partial charge on any atom is 0.417 e. The largest absolute Gasteiger partial charge is 0.497 e. The monoisotopic (exact) mass is 563 g/mol. The Balaban J connectivity index is 2.47. The average Bonchev–Trinajstić information content (AvgIpc) is 2.83. The summed E-state index contributed by atoms with van der Waals surface area (Å²) in [5.74, 6) is -0.752. The molecule has 2 amide bonds. The number of sulfonamides is 1. The van der Waals surface area contributed by atoms with E-state index in [1.807, 2.05) is 6.92 Å². The van der Waals surface area contributed by atoms with Crippen molar-refractivity contribution >= 4 is 39.1 Å². The SMILES string of the molecule is CCCNC(=O)[C@H](C)N(Cc1cccc(OC)c1)C(=O)CN(c1ccc(Cl)c(C(F)(F)F)c1)S(C)(=O)=O. The Bertz CT molecular complexity index is 1220. The van der Waals surface area contributed by atoms with Gasteiger partial charge in [0.15, 0.2) is 0 Å². The Morgan fingerprint density at radius 3 is 2.41 bits per heavy atom. The van der Waals surface area contributed by atoms with Crippen LogP contribution >= 0.6 is 11.6 Å². The van der Waals surface area contributed by atoms with Crippen LogP contribution in [-0.2, 0) is 32.3 Å². The first kappa shape index (κ1) is 30.2. The fourth-order valence-electron chi connectivity index (χ4n) is 3.45. The molecule has 37 heavy (non-hydrogen) atoms. The number of carbonyl (C=O) groups excluding carboxylic acids is 2.